The molecule has 0 radical (unpaired) electrons. The number of rotatable bonds is 5. The molecule has 1 saturated carbocycles. The van der Waals surface area contributed by atoms with Crippen molar-refractivity contribution in [2.75, 3.05) is 13.6 Å². The summed E-state index contributed by atoms with van der Waals surface area (Å²) < 4.78 is 0. The Bertz CT molecular complexity index is 454. The van der Waals surface area contributed by atoms with Gasteiger partial charge in [0.05, 0.1) is 6.04 Å². The Balaban J connectivity index is 1.95. The van der Waals surface area contributed by atoms with Crippen LogP contribution in [-0.2, 0) is 0 Å². The molecule has 2 nitrogen and oxygen atoms in total. The molecule has 1 unspecified atom stereocenters. The Morgan fingerprint density at radius 1 is 1.35 bits per heavy atom. The second-order valence-electron chi connectivity index (χ2n) is 5.99. The number of hydrogen-bond donors (Lipinski definition) is 0. The highest BCUT2D eigenvalue weighted by Crippen LogP contribution is 2.25. The molecule has 1 aromatic carbocycles. The maximum absolute atomic E-state index is 12.5. The number of benzene rings is 1. The maximum atomic E-state index is 12.5. The number of nitrogens with zero attached hydrogens (tertiary/aromatic N) is 1. The van der Waals surface area contributed by atoms with Gasteiger partial charge in [-0.05, 0) is 44.9 Å². The predicted octanol–water partition coefficient (Wildman–Crippen LogP) is 4.42. The van der Waals surface area contributed by atoms with E-state index in [-0.39, 0.29) is 11.8 Å². The minimum absolute atomic E-state index is 0.0876. The Morgan fingerprint density at radius 2 is 2.05 bits per heavy atom. The summed E-state index contributed by atoms with van der Waals surface area (Å²) >= 11 is 5.96. The first kappa shape index (κ1) is 15.5. The Kier molecular flexibility index (Phi) is 5.62. The normalized spacial score (nSPS) is 18.2. The van der Waals surface area contributed by atoms with E-state index >= 15 is 0 Å². The van der Waals surface area contributed by atoms with Gasteiger partial charge in [-0.25, -0.2) is 0 Å². The fourth-order valence-electron chi connectivity index (χ4n) is 3.02. The largest absolute Gasteiger partial charge is 0.296 e. The molecule has 0 bridgehead atoms. The van der Waals surface area contributed by atoms with Crippen molar-refractivity contribution in [3.63, 3.8) is 0 Å². The van der Waals surface area contributed by atoms with Crippen molar-refractivity contribution in [2.24, 2.45) is 5.92 Å². The second kappa shape index (κ2) is 7.24. The molecule has 1 fully saturated rings. The molecule has 1 atom stereocenters. The maximum Gasteiger partial charge on any atom is 0.179 e. The third kappa shape index (κ3) is 4.07. The number of halogens is 1. The average molecular weight is 294 g/mol. The number of hydrogen-bond acceptors (Lipinski definition) is 2. The summed E-state index contributed by atoms with van der Waals surface area (Å²) in [5.74, 6) is 0.911. The highest BCUT2D eigenvalue weighted by atomic mass is 35.5. The van der Waals surface area contributed by atoms with Crippen molar-refractivity contribution in [1.29, 1.82) is 0 Å². The number of Topliss-reactive ketones (excluding diaryl/α,β-unsaturated/α-hetero) is 1. The SMILES string of the molecule is CC(C(=O)c1cccc(Cl)c1)N(C)CC1CCCCC1. The zero-order valence-electron chi connectivity index (χ0n) is 12.4. The fraction of sp³-hybridized carbons (Fsp3) is 0.588. The molecule has 20 heavy (non-hydrogen) atoms. The summed E-state index contributed by atoms with van der Waals surface area (Å²) in [6, 6.07) is 7.15. The first-order valence-corrected chi connectivity index (χ1v) is 7.95. The highest BCUT2D eigenvalue weighted by molar-refractivity contribution is 6.31. The van der Waals surface area contributed by atoms with Crippen molar-refractivity contribution in [1.82, 2.24) is 4.90 Å². The molecule has 1 aliphatic carbocycles. The molecule has 0 aliphatic heterocycles. The molecule has 2 rings (SSSR count). The summed E-state index contributed by atoms with van der Waals surface area (Å²) in [5, 5.41) is 0.623. The number of carbonyl (C=O) groups excluding carboxylic acids is 1. The molecule has 1 aromatic rings. The van der Waals surface area contributed by atoms with Crippen LogP contribution in [0.25, 0.3) is 0 Å². The molecule has 0 aromatic heterocycles. The molecule has 0 N–H and O–H groups in total. The quantitative estimate of drug-likeness (QED) is 0.749. The lowest BCUT2D eigenvalue weighted by Gasteiger charge is -2.30. The molecule has 0 heterocycles. The van der Waals surface area contributed by atoms with Crippen LogP contribution in [0.5, 0.6) is 0 Å². The van der Waals surface area contributed by atoms with Crippen LogP contribution in [0, 0.1) is 5.92 Å². The summed E-state index contributed by atoms with van der Waals surface area (Å²) in [4.78, 5) is 14.7. The zero-order chi connectivity index (χ0) is 14.5. The molecule has 0 amide bonds. The van der Waals surface area contributed by atoms with E-state index in [1.54, 1.807) is 12.1 Å². The van der Waals surface area contributed by atoms with Crippen LogP contribution in [0.1, 0.15) is 49.4 Å². The lowest BCUT2D eigenvalue weighted by molar-refractivity contribution is 0.0842. The van der Waals surface area contributed by atoms with Crippen LogP contribution in [0.3, 0.4) is 0 Å². The minimum Gasteiger partial charge on any atom is -0.296 e. The van der Waals surface area contributed by atoms with Gasteiger partial charge in [-0.15, -0.1) is 0 Å². The Morgan fingerprint density at radius 3 is 2.70 bits per heavy atom. The van der Waals surface area contributed by atoms with Crippen LogP contribution in [0.15, 0.2) is 24.3 Å². The van der Waals surface area contributed by atoms with Crippen molar-refractivity contribution >= 4 is 17.4 Å². The van der Waals surface area contributed by atoms with Crippen LogP contribution in [-0.4, -0.2) is 30.3 Å². The van der Waals surface area contributed by atoms with Crippen LogP contribution in [0.4, 0.5) is 0 Å². The first-order chi connectivity index (χ1) is 9.58. The molecule has 1 aliphatic rings. The van der Waals surface area contributed by atoms with Gasteiger partial charge in [0.1, 0.15) is 0 Å². The van der Waals surface area contributed by atoms with Crippen molar-refractivity contribution in [3.8, 4) is 0 Å². The third-order valence-corrected chi connectivity index (χ3v) is 4.66. The number of likely N-dealkylation sites (N-methyl/N-ethyl adjacent to an activating group) is 1. The monoisotopic (exact) mass is 293 g/mol. The molecular weight excluding hydrogens is 270 g/mol. The van der Waals surface area contributed by atoms with Crippen molar-refractivity contribution < 1.29 is 4.79 Å². The van der Waals surface area contributed by atoms with Gasteiger partial charge >= 0.3 is 0 Å². The molecular formula is C17H24ClNO. The Hall–Kier alpha value is -0.860. The number of carbonyl (C=O) groups is 1. The summed E-state index contributed by atoms with van der Waals surface area (Å²) in [5.41, 5.74) is 0.709. The average Bonchev–Trinajstić information content (AvgIpc) is 2.46. The van der Waals surface area contributed by atoms with Gasteiger partial charge < -0.3 is 0 Å². The summed E-state index contributed by atoms with van der Waals surface area (Å²) in [6.07, 6.45) is 6.67. The Labute approximate surface area is 127 Å². The van der Waals surface area contributed by atoms with E-state index in [2.05, 4.69) is 11.9 Å². The smallest absolute Gasteiger partial charge is 0.179 e. The molecule has 0 saturated heterocycles. The lowest BCUT2D eigenvalue weighted by atomic mass is 9.88. The topological polar surface area (TPSA) is 20.3 Å². The standard InChI is InChI=1S/C17H24ClNO/c1-13(17(20)15-9-6-10-16(18)11-15)19(2)12-14-7-4-3-5-8-14/h6,9-11,13-14H,3-5,7-8,12H2,1-2H3. The second-order valence-corrected chi connectivity index (χ2v) is 6.43. The van der Waals surface area contributed by atoms with Crippen LogP contribution < -0.4 is 0 Å². The van der Waals surface area contributed by atoms with Crippen molar-refractivity contribution in [3.05, 3.63) is 34.9 Å². The number of ketones is 1. The zero-order valence-corrected chi connectivity index (χ0v) is 13.2. The molecule has 0 spiro atoms. The van der Waals surface area contributed by atoms with Gasteiger partial charge in [-0.1, -0.05) is 43.0 Å². The predicted molar refractivity (Wildman–Crippen MR) is 84.4 cm³/mol. The van der Waals surface area contributed by atoms with Gasteiger partial charge in [0.25, 0.3) is 0 Å². The van der Waals surface area contributed by atoms with E-state index in [1.165, 1.54) is 32.1 Å². The highest BCUT2D eigenvalue weighted by Gasteiger charge is 2.23. The van der Waals surface area contributed by atoms with E-state index < -0.39 is 0 Å². The van der Waals surface area contributed by atoms with Gasteiger partial charge in [0.2, 0.25) is 0 Å². The van der Waals surface area contributed by atoms with Crippen molar-refractivity contribution in [2.45, 2.75) is 45.1 Å². The van der Waals surface area contributed by atoms with E-state index in [9.17, 15) is 4.79 Å². The van der Waals surface area contributed by atoms with E-state index in [0.29, 0.717) is 10.6 Å². The van der Waals surface area contributed by atoms with Gasteiger partial charge in [0, 0.05) is 17.1 Å². The van der Waals surface area contributed by atoms with Gasteiger partial charge in [-0.2, -0.15) is 0 Å². The van der Waals surface area contributed by atoms with Gasteiger partial charge in [0.15, 0.2) is 5.78 Å². The third-order valence-electron chi connectivity index (χ3n) is 4.42. The van der Waals surface area contributed by atoms with Crippen LogP contribution in [0.2, 0.25) is 5.02 Å². The van der Waals surface area contributed by atoms with E-state index in [0.717, 1.165) is 12.5 Å². The lowest BCUT2D eigenvalue weighted by Crippen LogP contribution is -2.39. The van der Waals surface area contributed by atoms with E-state index in [4.69, 9.17) is 11.6 Å². The fourth-order valence-corrected chi connectivity index (χ4v) is 3.21. The molecule has 110 valence electrons. The first-order valence-electron chi connectivity index (χ1n) is 7.58. The summed E-state index contributed by atoms with van der Waals surface area (Å²) in [7, 11) is 2.06. The summed E-state index contributed by atoms with van der Waals surface area (Å²) in [6.45, 7) is 3.01. The van der Waals surface area contributed by atoms with Gasteiger partial charge in [-0.3, -0.25) is 9.69 Å². The van der Waals surface area contributed by atoms with Crippen LogP contribution >= 0.6 is 11.6 Å². The minimum atomic E-state index is -0.0876. The van der Waals surface area contributed by atoms with E-state index in [1.807, 2.05) is 19.1 Å². The molecule has 3 heteroatoms.